The summed E-state index contributed by atoms with van der Waals surface area (Å²) in [6.07, 6.45) is 17.7. The van der Waals surface area contributed by atoms with Crippen LogP contribution in [0.15, 0.2) is 144 Å². The molecule has 268 valence electrons. The summed E-state index contributed by atoms with van der Waals surface area (Å²) in [4.78, 5) is 0. The zero-order valence-electron chi connectivity index (χ0n) is 30.5. The smallest absolute Gasteiger partial charge is 0.168 e. The van der Waals surface area contributed by atoms with Gasteiger partial charge in [0.1, 0.15) is 19.0 Å². The normalized spacial score (nSPS) is 12.7. The highest BCUT2D eigenvalue weighted by atomic mass is 16.3. The molecule has 4 N–H and O–H groups in total. The first kappa shape index (κ1) is 34.6. The highest BCUT2D eigenvalue weighted by molar-refractivity contribution is 6.37. The molecular formula is C50H35BO5. The van der Waals surface area contributed by atoms with Crippen LogP contribution in [0.3, 0.4) is 0 Å². The van der Waals surface area contributed by atoms with E-state index in [9.17, 15) is 20.4 Å². The van der Waals surface area contributed by atoms with Gasteiger partial charge in [-0.15, -0.1) is 0 Å². The van der Waals surface area contributed by atoms with Crippen molar-refractivity contribution >= 4 is 64.2 Å². The maximum absolute atomic E-state index is 11.0. The lowest BCUT2D eigenvalue weighted by molar-refractivity contribution is 0.381. The Bertz CT molecular complexity index is 2990. The molecule has 8 aromatic rings. The van der Waals surface area contributed by atoms with Crippen LogP contribution in [0.5, 0.6) is 23.0 Å². The highest BCUT2D eigenvalue weighted by Crippen LogP contribution is 2.50. The van der Waals surface area contributed by atoms with Crippen molar-refractivity contribution in [1.82, 2.24) is 0 Å². The summed E-state index contributed by atoms with van der Waals surface area (Å²) < 4.78 is 6.25. The van der Waals surface area contributed by atoms with E-state index in [0.717, 1.165) is 83.8 Å². The van der Waals surface area contributed by atoms with Gasteiger partial charge in [0.15, 0.2) is 23.0 Å². The lowest BCUT2D eigenvalue weighted by Gasteiger charge is -2.21. The number of benzene rings is 7. The largest absolute Gasteiger partial charge is 0.505 e. The van der Waals surface area contributed by atoms with E-state index in [1.807, 2.05) is 79.7 Å². The van der Waals surface area contributed by atoms with E-state index in [0.29, 0.717) is 10.9 Å². The fourth-order valence-electron chi connectivity index (χ4n) is 8.07. The molecule has 0 fully saturated rings. The number of allylic oxidation sites excluding steroid dienone is 5. The van der Waals surface area contributed by atoms with Crippen LogP contribution in [-0.2, 0) is 0 Å². The van der Waals surface area contributed by atoms with Crippen molar-refractivity contribution in [2.45, 2.75) is 13.3 Å². The SMILES string of the molecule is [B]c1c(O)c(O)c(-c2ccc(-c3cc(/C=C\C=C/C)c(-c4cccc(-c5cccc6oc7ccccc7c56)c4)c4c3C=CCC=C4)c3ccccc23)c(O)c1O. The number of furan rings is 1. The summed E-state index contributed by atoms with van der Waals surface area (Å²) in [6.45, 7) is 1.99. The van der Waals surface area contributed by atoms with Crippen LogP contribution in [0.1, 0.15) is 30.0 Å². The quantitative estimate of drug-likeness (QED) is 0.0592. The second kappa shape index (κ2) is 13.9. The maximum Gasteiger partial charge on any atom is 0.168 e. The molecule has 0 spiro atoms. The minimum absolute atomic E-state index is 0.108. The summed E-state index contributed by atoms with van der Waals surface area (Å²) in [5.74, 6) is -2.62. The molecule has 0 saturated heterocycles. The van der Waals surface area contributed by atoms with Gasteiger partial charge in [-0.05, 0) is 109 Å². The molecule has 0 aliphatic heterocycles. The molecule has 7 aromatic carbocycles. The van der Waals surface area contributed by atoms with Gasteiger partial charge in [-0.3, -0.25) is 0 Å². The van der Waals surface area contributed by atoms with Crippen molar-refractivity contribution in [3.05, 3.63) is 156 Å². The molecule has 0 atom stereocenters. The van der Waals surface area contributed by atoms with Gasteiger partial charge in [0, 0.05) is 10.8 Å². The second-order valence-corrected chi connectivity index (χ2v) is 13.9. The van der Waals surface area contributed by atoms with Gasteiger partial charge in [-0.2, -0.15) is 0 Å². The summed E-state index contributed by atoms with van der Waals surface area (Å²) in [7, 11) is 5.76. The molecule has 9 rings (SSSR count). The molecule has 1 aromatic heterocycles. The first-order valence-electron chi connectivity index (χ1n) is 18.5. The number of rotatable bonds is 6. The van der Waals surface area contributed by atoms with E-state index < -0.39 is 28.5 Å². The highest BCUT2D eigenvalue weighted by Gasteiger charge is 2.25. The van der Waals surface area contributed by atoms with Gasteiger partial charge in [0.05, 0.1) is 5.56 Å². The third kappa shape index (κ3) is 5.57. The Kier molecular flexibility index (Phi) is 8.59. The van der Waals surface area contributed by atoms with Gasteiger partial charge in [0.25, 0.3) is 0 Å². The van der Waals surface area contributed by atoms with Gasteiger partial charge >= 0.3 is 0 Å². The van der Waals surface area contributed by atoms with Crippen molar-refractivity contribution in [3.63, 3.8) is 0 Å². The van der Waals surface area contributed by atoms with Crippen molar-refractivity contribution < 1.29 is 24.8 Å². The predicted octanol–water partition coefficient (Wildman–Crippen LogP) is 12.0. The first-order chi connectivity index (χ1) is 27.4. The van der Waals surface area contributed by atoms with Gasteiger partial charge < -0.3 is 24.8 Å². The zero-order valence-corrected chi connectivity index (χ0v) is 30.5. The molecular weight excluding hydrogens is 691 g/mol. The molecule has 2 radical (unpaired) electrons. The van der Waals surface area contributed by atoms with Gasteiger partial charge in [-0.1, -0.05) is 134 Å². The molecule has 1 aliphatic rings. The standard InChI is InChI=1S/C50H35BO5/c1-2-3-5-14-31-28-40(36-25-26-38(34-19-9-8-18-33(34)36)45-47(52)49(54)46(51)50(55)48(45)53)35-17-6-4-7-20-37(35)43(31)30-16-12-15-29(27-30)32-22-13-24-42-44(32)39-21-10-11-23-41(39)56-42/h2-3,5-28,52-55H,4H2,1H3/b3-2-,14-5-. The Morgan fingerprint density at radius 2 is 1.20 bits per heavy atom. The number of phenols is 4. The molecule has 1 heterocycles. The van der Waals surface area contributed by atoms with E-state index in [2.05, 4.69) is 78.9 Å². The number of hydrogen-bond donors (Lipinski definition) is 4. The van der Waals surface area contributed by atoms with Crippen molar-refractivity contribution in [2.75, 3.05) is 0 Å². The topological polar surface area (TPSA) is 94.1 Å². The second-order valence-electron chi connectivity index (χ2n) is 13.9. The monoisotopic (exact) mass is 726 g/mol. The van der Waals surface area contributed by atoms with Gasteiger partial charge in [-0.25, -0.2) is 0 Å². The van der Waals surface area contributed by atoms with E-state index in [4.69, 9.17) is 12.3 Å². The van der Waals surface area contributed by atoms with Crippen LogP contribution in [0.4, 0.5) is 0 Å². The lowest BCUT2D eigenvalue weighted by Crippen LogP contribution is -2.05. The Balaban J connectivity index is 1.29. The van der Waals surface area contributed by atoms with Crippen molar-refractivity contribution in [3.8, 4) is 67.5 Å². The average Bonchev–Trinajstić information content (AvgIpc) is 3.44. The van der Waals surface area contributed by atoms with Crippen LogP contribution in [0, 0.1) is 0 Å². The molecule has 0 amide bonds. The van der Waals surface area contributed by atoms with E-state index >= 15 is 0 Å². The Morgan fingerprint density at radius 3 is 1.96 bits per heavy atom. The van der Waals surface area contributed by atoms with Crippen molar-refractivity contribution in [1.29, 1.82) is 0 Å². The van der Waals surface area contributed by atoms with Crippen molar-refractivity contribution in [2.24, 2.45) is 0 Å². The fraction of sp³-hybridized carbons (Fsp3) is 0.0400. The average molecular weight is 727 g/mol. The third-order valence-electron chi connectivity index (χ3n) is 10.6. The van der Waals surface area contributed by atoms with Crippen LogP contribution in [0.2, 0.25) is 0 Å². The minimum atomic E-state index is -0.697. The molecule has 0 bridgehead atoms. The number of fused-ring (bicyclic) bond motifs is 5. The fourth-order valence-corrected chi connectivity index (χ4v) is 8.07. The summed E-state index contributed by atoms with van der Waals surface area (Å²) in [5.41, 5.74) is 11.0. The Hall–Kier alpha value is -7.18. The minimum Gasteiger partial charge on any atom is -0.505 e. The van der Waals surface area contributed by atoms with Crippen LogP contribution < -0.4 is 5.46 Å². The zero-order chi connectivity index (χ0) is 38.5. The molecule has 0 saturated carbocycles. The number of aromatic hydroxyl groups is 4. The maximum atomic E-state index is 11.0. The molecule has 56 heavy (non-hydrogen) atoms. The Labute approximate surface area is 325 Å². The van der Waals surface area contributed by atoms with E-state index in [1.54, 1.807) is 6.07 Å². The van der Waals surface area contributed by atoms with E-state index in [1.165, 1.54) is 0 Å². The third-order valence-corrected chi connectivity index (χ3v) is 10.6. The molecule has 0 unspecified atom stereocenters. The summed E-state index contributed by atoms with van der Waals surface area (Å²) >= 11 is 0. The first-order valence-corrected chi connectivity index (χ1v) is 18.5. The van der Waals surface area contributed by atoms with E-state index in [-0.39, 0.29) is 5.56 Å². The number of phenolic OH excluding ortho intramolecular Hbond substituents is 4. The van der Waals surface area contributed by atoms with Crippen LogP contribution in [-0.4, -0.2) is 28.3 Å². The lowest BCUT2D eigenvalue weighted by atomic mass is 9.82. The van der Waals surface area contributed by atoms with Gasteiger partial charge in [0.2, 0.25) is 0 Å². The Morgan fingerprint density at radius 1 is 0.554 bits per heavy atom. The predicted molar refractivity (Wildman–Crippen MR) is 232 cm³/mol. The molecule has 1 aliphatic carbocycles. The number of para-hydroxylation sites is 1. The van der Waals surface area contributed by atoms with Crippen LogP contribution in [0.25, 0.3) is 95.4 Å². The summed E-state index contributed by atoms with van der Waals surface area (Å²) in [6, 6.07) is 36.8. The number of hydrogen-bond acceptors (Lipinski definition) is 5. The van der Waals surface area contributed by atoms with Crippen LogP contribution >= 0.6 is 0 Å². The molecule has 6 heteroatoms. The molecule has 5 nitrogen and oxygen atoms in total. The summed E-state index contributed by atoms with van der Waals surface area (Å²) in [5, 5.41) is 46.8.